The first-order chi connectivity index (χ1) is 10.1. The summed E-state index contributed by atoms with van der Waals surface area (Å²) in [6.45, 7) is 3.01. The third kappa shape index (κ3) is 4.07. The van der Waals surface area contributed by atoms with E-state index in [-0.39, 0.29) is 11.8 Å². The molecule has 0 aliphatic rings. The summed E-state index contributed by atoms with van der Waals surface area (Å²) in [6.07, 6.45) is 0.904. The molecule has 2 aromatic rings. The van der Waals surface area contributed by atoms with Crippen molar-refractivity contribution in [1.82, 2.24) is 9.97 Å². The molecule has 0 saturated carbocycles. The molecule has 0 aliphatic carbocycles. The Kier molecular flexibility index (Phi) is 4.55. The van der Waals surface area contributed by atoms with Crippen LogP contribution in [0.4, 0.5) is 10.2 Å². The second kappa shape index (κ2) is 6.56. The number of anilines is 1. The SMILES string of the molecule is CC(=O)Nc1nc(ON=C(C)c2ccccc2)ncc1F. The second-order valence-corrected chi connectivity index (χ2v) is 4.16. The third-order valence-electron chi connectivity index (χ3n) is 2.47. The Morgan fingerprint density at radius 1 is 1.29 bits per heavy atom. The van der Waals surface area contributed by atoms with Crippen molar-refractivity contribution in [2.45, 2.75) is 13.8 Å². The number of halogens is 1. The summed E-state index contributed by atoms with van der Waals surface area (Å²) in [6, 6.07) is 9.22. The fourth-order valence-corrected chi connectivity index (χ4v) is 1.49. The van der Waals surface area contributed by atoms with Crippen LogP contribution in [0.1, 0.15) is 19.4 Å². The van der Waals surface area contributed by atoms with Crippen LogP contribution >= 0.6 is 0 Å². The van der Waals surface area contributed by atoms with Gasteiger partial charge in [0.15, 0.2) is 11.6 Å². The van der Waals surface area contributed by atoms with Crippen LogP contribution in [0.25, 0.3) is 0 Å². The quantitative estimate of drug-likeness (QED) is 0.692. The van der Waals surface area contributed by atoms with Gasteiger partial charge in [0.25, 0.3) is 0 Å². The van der Waals surface area contributed by atoms with Crippen molar-refractivity contribution < 1.29 is 14.0 Å². The number of hydrogen-bond donors (Lipinski definition) is 1. The summed E-state index contributed by atoms with van der Waals surface area (Å²) in [5.74, 6) is -1.44. The molecule has 0 radical (unpaired) electrons. The van der Waals surface area contributed by atoms with E-state index in [0.717, 1.165) is 11.8 Å². The monoisotopic (exact) mass is 288 g/mol. The fraction of sp³-hybridized carbons (Fsp3) is 0.143. The lowest BCUT2D eigenvalue weighted by Gasteiger charge is -2.04. The van der Waals surface area contributed by atoms with Crippen molar-refractivity contribution in [2.75, 3.05) is 5.32 Å². The smallest absolute Gasteiger partial charge is 0.315 e. The lowest BCUT2D eigenvalue weighted by molar-refractivity contribution is -0.114. The summed E-state index contributed by atoms with van der Waals surface area (Å²) < 4.78 is 13.4. The van der Waals surface area contributed by atoms with E-state index in [4.69, 9.17) is 4.84 Å². The van der Waals surface area contributed by atoms with Gasteiger partial charge in [0.2, 0.25) is 5.91 Å². The van der Waals surface area contributed by atoms with Crippen LogP contribution in [0, 0.1) is 5.82 Å². The van der Waals surface area contributed by atoms with E-state index < -0.39 is 11.7 Å². The molecular formula is C14H13FN4O2. The number of oxime groups is 1. The number of aromatic nitrogens is 2. The van der Waals surface area contributed by atoms with Crippen molar-refractivity contribution in [3.05, 3.63) is 47.9 Å². The Balaban J connectivity index is 2.15. The van der Waals surface area contributed by atoms with Gasteiger partial charge in [-0.05, 0) is 12.5 Å². The molecule has 6 nitrogen and oxygen atoms in total. The molecular weight excluding hydrogens is 275 g/mol. The summed E-state index contributed by atoms with van der Waals surface area (Å²) in [4.78, 5) is 23.3. The molecule has 1 aromatic carbocycles. The van der Waals surface area contributed by atoms with Gasteiger partial charge in [-0.2, -0.15) is 9.97 Å². The highest BCUT2D eigenvalue weighted by Gasteiger charge is 2.09. The highest BCUT2D eigenvalue weighted by molar-refractivity contribution is 5.98. The summed E-state index contributed by atoms with van der Waals surface area (Å²) in [7, 11) is 0. The molecule has 21 heavy (non-hydrogen) atoms. The van der Waals surface area contributed by atoms with Gasteiger partial charge in [-0.25, -0.2) is 4.39 Å². The van der Waals surface area contributed by atoms with Crippen LogP contribution in [-0.2, 0) is 4.79 Å². The Labute approximate surface area is 120 Å². The van der Waals surface area contributed by atoms with Gasteiger partial charge in [0.1, 0.15) is 0 Å². The van der Waals surface area contributed by atoms with E-state index in [2.05, 4.69) is 20.4 Å². The Morgan fingerprint density at radius 3 is 2.67 bits per heavy atom. The van der Waals surface area contributed by atoms with E-state index in [9.17, 15) is 9.18 Å². The van der Waals surface area contributed by atoms with Gasteiger partial charge >= 0.3 is 6.01 Å². The number of carbonyl (C=O) groups is 1. The maximum absolute atomic E-state index is 13.4. The Morgan fingerprint density at radius 2 is 2.00 bits per heavy atom. The van der Waals surface area contributed by atoms with Crippen molar-refractivity contribution in [3.63, 3.8) is 0 Å². The minimum atomic E-state index is -0.749. The molecule has 0 bridgehead atoms. The molecule has 0 saturated heterocycles. The summed E-state index contributed by atoms with van der Waals surface area (Å²) >= 11 is 0. The number of carbonyl (C=O) groups excluding carboxylic acids is 1. The normalized spacial score (nSPS) is 11.1. The molecule has 1 heterocycles. The van der Waals surface area contributed by atoms with Crippen LogP contribution in [0.3, 0.4) is 0 Å². The molecule has 0 fully saturated rings. The lowest BCUT2D eigenvalue weighted by Crippen LogP contribution is -2.10. The molecule has 0 unspecified atom stereocenters. The highest BCUT2D eigenvalue weighted by atomic mass is 19.1. The van der Waals surface area contributed by atoms with E-state index in [1.165, 1.54) is 6.92 Å². The molecule has 2 rings (SSSR count). The first-order valence-corrected chi connectivity index (χ1v) is 6.13. The standard InChI is InChI=1S/C14H13FN4O2/c1-9(11-6-4-3-5-7-11)19-21-14-16-8-12(15)13(18-14)17-10(2)20/h3-8H,1-2H3,(H,16,17,18,20). The summed E-state index contributed by atoms with van der Waals surface area (Å²) in [5, 5.41) is 6.11. The number of amides is 1. The Bertz CT molecular complexity index is 674. The second-order valence-electron chi connectivity index (χ2n) is 4.16. The summed E-state index contributed by atoms with van der Waals surface area (Å²) in [5.41, 5.74) is 1.49. The molecule has 1 aromatic heterocycles. The van der Waals surface area contributed by atoms with Crippen LogP contribution in [0.5, 0.6) is 6.01 Å². The van der Waals surface area contributed by atoms with Crippen molar-refractivity contribution >= 4 is 17.4 Å². The zero-order valence-electron chi connectivity index (χ0n) is 11.5. The van der Waals surface area contributed by atoms with Crippen LogP contribution in [-0.4, -0.2) is 21.6 Å². The molecule has 0 aliphatic heterocycles. The number of nitrogens with zero attached hydrogens (tertiary/aromatic N) is 3. The fourth-order valence-electron chi connectivity index (χ4n) is 1.49. The third-order valence-corrected chi connectivity index (χ3v) is 2.47. The van der Waals surface area contributed by atoms with Crippen molar-refractivity contribution in [3.8, 4) is 6.01 Å². The topological polar surface area (TPSA) is 76.5 Å². The van der Waals surface area contributed by atoms with Crippen LogP contribution in [0.2, 0.25) is 0 Å². The van der Waals surface area contributed by atoms with E-state index >= 15 is 0 Å². The predicted molar refractivity (Wildman–Crippen MR) is 75.6 cm³/mol. The van der Waals surface area contributed by atoms with Gasteiger partial charge < -0.3 is 10.2 Å². The molecule has 1 N–H and O–H groups in total. The zero-order chi connectivity index (χ0) is 15.2. The maximum atomic E-state index is 13.4. The largest absolute Gasteiger partial charge is 0.347 e. The highest BCUT2D eigenvalue weighted by Crippen LogP contribution is 2.13. The molecule has 0 spiro atoms. The zero-order valence-corrected chi connectivity index (χ0v) is 11.5. The predicted octanol–water partition coefficient (Wildman–Crippen LogP) is 2.38. The molecule has 108 valence electrons. The number of hydrogen-bond acceptors (Lipinski definition) is 5. The van der Waals surface area contributed by atoms with Crippen molar-refractivity contribution in [2.24, 2.45) is 5.16 Å². The van der Waals surface area contributed by atoms with Gasteiger partial charge in [0, 0.05) is 6.92 Å². The van der Waals surface area contributed by atoms with Gasteiger partial charge in [-0.15, -0.1) is 0 Å². The molecule has 0 atom stereocenters. The van der Waals surface area contributed by atoms with Crippen LogP contribution < -0.4 is 10.2 Å². The van der Waals surface area contributed by atoms with E-state index in [0.29, 0.717) is 5.71 Å². The first-order valence-electron chi connectivity index (χ1n) is 6.13. The number of benzene rings is 1. The van der Waals surface area contributed by atoms with Gasteiger partial charge in [0.05, 0.1) is 11.9 Å². The average Bonchev–Trinajstić information content (AvgIpc) is 2.48. The molecule has 1 amide bonds. The minimum Gasteiger partial charge on any atom is -0.315 e. The van der Waals surface area contributed by atoms with Crippen molar-refractivity contribution in [1.29, 1.82) is 0 Å². The van der Waals surface area contributed by atoms with Gasteiger partial charge in [-0.3, -0.25) is 4.79 Å². The number of nitrogens with one attached hydrogen (secondary N) is 1. The number of rotatable bonds is 4. The first kappa shape index (κ1) is 14.6. The maximum Gasteiger partial charge on any atom is 0.347 e. The lowest BCUT2D eigenvalue weighted by atomic mass is 10.1. The Hall–Kier alpha value is -2.83. The minimum absolute atomic E-state index is 0.157. The average molecular weight is 288 g/mol. The van der Waals surface area contributed by atoms with Gasteiger partial charge in [-0.1, -0.05) is 35.5 Å². The van der Waals surface area contributed by atoms with E-state index in [1.807, 2.05) is 30.3 Å². The molecule has 7 heteroatoms. The van der Waals surface area contributed by atoms with E-state index in [1.54, 1.807) is 6.92 Å². The van der Waals surface area contributed by atoms with Crippen LogP contribution in [0.15, 0.2) is 41.7 Å².